The zero-order chi connectivity index (χ0) is 10.6. The Kier molecular flexibility index (Phi) is 4.23. The Bertz CT molecular complexity index is 299. The first-order valence-corrected chi connectivity index (χ1v) is 5.26. The molecule has 0 saturated carbocycles. The molecule has 0 unspecified atom stereocenters. The van der Waals surface area contributed by atoms with Crippen molar-refractivity contribution in [2.24, 2.45) is 5.73 Å². The molecule has 1 aromatic carbocycles. The SMILES string of the molecule is CCCN(C)c1ccc(Cl)cc1CN. The standard InChI is InChI=1S/C11H17ClN2/c1-3-6-14(2)11-5-4-10(12)7-9(11)8-13/h4-5,7H,3,6,8,13H2,1-2H3. The van der Waals surface area contributed by atoms with E-state index in [1.807, 2.05) is 18.2 Å². The summed E-state index contributed by atoms with van der Waals surface area (Å²) >= 11 is 5.90. The van der Waals surface area contributed by atoms with Crippen LogP contribution < -0.4 is 10.6 Å². The second-order valence-electron chi connectivity index (χ2n) is 3.40. The van der Waals surface area contributed by atoms with E-state index >= 15 is 0 Å². The number of hydrogen-bond donors (Lipinski definition) is 1. The minimum absolute atomic E-state index is 0.532. The zero-order valence-electron chi connectivity index (χ0n) is 8.76. The summed E-state index contributed by atoms with van der Waals surface area (Å²) in [5, 5.41) is 0.749. The van der Waals surface area contributed by atoms with Gasteiger partial charge >= 0.3 is 0 Å². The average Bonchev–Trinajstić information content (AvgIpc) is 2.17. The molecule has 0 amide bonds. The molecule has 0 heterocycles. The van der Waals surface area contributed by atoms with Gasteiger partial charge in [0.05, 0.1) is 0 Å². The van der Waals surface area contributed by atoms with E-state index in [2.05, 4.69) is 18.9 Å². The summed E-state index contributed by atoms with van der Waals surface area (Å²) in [5.74, 6) is 0. The van der Waals surface area contributed by atoms with Crippen molar-refractivity contribution in [3.8, 4) is 0 Å². The zero-order valence-corrected chi connectivity index (χ0v) is 9.51. The summed E-state index contributed by atoms with van der Waals surface area (Å²) in [6, 6.07) is 5.87. The van der Waals surface area contributed by atoms with Gasteiger partial charge in [-0.3, -0.25) is 0 Å². The normalized spacial score (nSPS) is 10.3. The summed E-state index contributed by atoms with van der Waals surface area (Å²) in [6.07, 6.45) is 1.13. The van der Waals surface area contributed by atoms with Crippen LogP contribution in [-0.2, 0) is 6.54 Å². The first kappa shape index (κ1) is 11.3. The van der Waals surface area contributed by atoms with Crippen LogP contribution in [0.4, 0.5) is 5.69 Å². The summed E-state index contributed by atoms with van der Waals surface area (Å²) in [6.45, 7) is 3.73. The molecule has 0 aliphatic heterocycles. The highest BCUT2D eigenvalue weighted by atomic mass is 35.5. The molecule has 0 aliphatic carbocycles. The average molecular weight is 213 g/mol. The van der Waals surface area contributed by atoms with Crippen LogP contribution in [0.2, 0.25) is 5.02 Å². The van der Waals surface area contributed by atoms with Crippen molar-refractivity contribution in [1.82, 2.24) is 0 Å². The van der Waals surface area contributed by atoms with Crippen molar-refractivity contribution in [3.05, 3.63) is 28.8 Å². The molecule has 2 N–H and O–H groups in total. The molecule has 1 rings (SSSR count). The van der Waals surface area contributed by atoms with Crippen LogP contribution in [0.25, 0.3) is 0 Å². The van der Waals surface area contributed by atoms with E-state index in [4.69, 9.17) is 17.3 Å². The van der Waals surface area contributed by atoms with Gasteiger partial charge in [0.1, 0.15) is 0 Å². The highest BCUT2D eigenvalue weighted by Crippen LogP contribution is 2.23. The van der Waals surface area contributed by atoms with Crippen LogP contribution >= 0.6 is 11.6 Å². The predicted octanol–water partition coefficient (Wildman–Crippen LogP) is 2.64. The summed E-state index contributed by atoms with van der Waals surface area (Å²) < 4.78 is 0. The fourth-order valence-electron chi connectivity index (χ4n) is 1.55. The van der Waals surface area contributed by atoms with E-state index in [9.17, 15) is 0 Å². The van der Waals surface area contributed by atoms with E-state index in [-0.39, 0.29) is 0 Å². The van der Waals surface area contributed by atoms with Crippen LogP contribution in [0.1, 0.15) is 18.9 Å². The first-order chi connectivity index (χ1) is 6.69. The third kappa shape index (κ3) is 2.63. The Morgan fingerprint density at radius 1 is 1.43 bits per heavy atom. The molecule has 0 fully saturated rings. The summed E-state index contributed by atoms with van der Waals surface area (Å²) in [4.78, 5) is 2.21. The molecule has 0 aliphatic rings. The number of nitrogens with two attached hydrogens (primary N) is 1. The minimum atomic E-state index is 0.532. The van der Waals surface area contributed by atoms with Crippen LogP contribution in [0.15, 0.2) is 18.2 Å². The predicted molar refractivity (Wildman–Crippen MR) is 62.9 cm³/mol. The Labute approximate surface area is 90.7 Å². The van der Waals surface area contributed by atoms with Crippen molar-refractivity contribution in [1.29, 1.82) is 0 Å². The summed E-state index contributed by atoms with van der Waals surface area (Å²) in [5.41, 5.74) is 7.95. The molecule has 14 heavy (non-hydrogen) atoms. The van der Waals surface area contributed by atoms with E-state index in [0.29, 0.717) is 6.54 Å². The van der Waals surface area contributed by atoms with Crippen molar-refractivity contribution < 1.29 is 0 Å². The second-order valence-corrected chi connectivity index (χ2v) is 3.84. The molecular formula is C11H17ClN2. The second kappa shape index (κ2) is 5.23. The molecule has 0 bridgehead atoms. The van der Waals surface area contributed by atoms with Crippen LogP contribution in [0.3, 0.4) is 0 Å². The van der Waals surface area contributed by atoms with Gasteiger partial charge in [0.15, 0.2) is 0 Å². The lowest BCUT2D eigenvalue weighted by atomic mass is 10.1. The monoisotopic (exact) mass is 212 g/mol. The molecule has 1 aromatic rings. The molecular weight excluding hydrogens is 196 g/mol. The fraction of sp³-hybridized carbons (Fsp3) is 0.455. The lowest BCUT2D eigenvalue weighted by molar-refractivity contribution is 0.843. The number of rotatable bonds is 4. The van der Waals surface area contributed by atoms with Gasteiger partial charge in [0, 0.05) is 30.8 Å². The van der Waals surface area contributed by atoms with Crippen LogP contribution in [-0.4, -0.2) is 13.6 Å². The maximum absolute atomic E-state index is 5.90. The van der Waals surface area contributed by atoms with Gasteiger partial charge in [0.25, 0.3) is 0 Å². The van der Waals surface area contributed by atoms with Crippen LogP contribution in [0.5, 0.6) is 0 Å². The fourth-order valence-corrected chi connectivity index (χ4v) is 1.74. The lowest BCUT2D eigenvalue weighted by Gasteiger charge is -2.21. The van der Waals surface area contributed by atoms with Gasteiger partial charge < -0.3 is 10.6 Å². The quantitative estimate of drug-likeness (QED) is 0.832. The van der Waals surface area contributed by atoms with E-state index in [0.717, 1.165) is 23.6 Å². The van der Waals surface area contributed by atoms with Gasteiger partial charge in [-0.15, -0.1) is 0 Å². The highest BCUT2D eigenvalue weighted by molar-refractivity contribution is 6.30. The number of hydrogen-bond acceptors (Lipinski definition) is 2. The minimum Gasteiger partial charge on any atom is -0.374 e. The Morgan fingerprint density at radius 2 is 2.14 bits per heavy atom. The molecule has 78 valence electrons. The lowest BCUT2D eigenvalue weighted by Crippen LogP contribution is -2.20. The molecule has 3 heteroatoms. The maximum Gasteiger partial charge on any atom is 0.0410 e. The van der Waals surface area contributed by atoms with Crippen LogP contribution in [0, 0.1) is 0 Å². The van der Waals surface area contributed by atoms with Gasteiger partial charge in [-0.25, -0.2) is 0 Å². The van der Waals surface area contributed by atoms with Crippen molar-refractivity contribution in [3.63, 3.8) is 0 Å². The third-order valence-electron chi connectivity index (χ3n) is 2.23. The Morgan fingerprint density at radius 3 is 2.71 bits per heavy atom. The highest BCUT2D eigenvalue weighted by Gasteiger charge is 2.05. The number of nitrogens with zero attached hydrogens (tertiary/aromatic N) is 1. The number of halogens is 1. The number of benzene rings is 1. The van der Waals surface area contributed by atoms with E-state index in [1.54, 1.807) is 0 Å². The van der Waals surface area contributed by atoms with Gasteiger partial charge in [0.2, 0.25) is 0 Å². The largest absolute Gasteiger partial charge is 0.374 e. The smallest absolute Gasteiger partial charge is 0.0410 e. The topological polar surface area (TPSA) is 29.3 Å². The molecule has 0 aromatic heterocycles. The number of anilines is 1. The van der Waals surface area contributed by atoms with Crippen molar-refractivity contribution in [2.75, 3.05) is 18.5 Å². The molecule has 2 nitrogen and oxygen atoms in total. The molecule has 0 spiro atoms. The first-order valence-electron chi connectivity index (χ1n) is 4.88. The Hall–Kier alpha value is -0.730. The van der Waals surface area contributed by atoms with E-state index in [1.165, 1.54) is 5.69 Å². The maximum atomic E-state index is 5.90. The van der Waals surface area contributed by atoms with Gasteiger partial charge in [-0.05, 0) is 30.2 Å². The Balaban J connectivity index is 2.95. The van der Waals surface area contributed by atoms with Crippen molar-refractivity contribution in [2.45, 2.75) is 19.9 Å². The third-order valence-corrected chi connectivity index (χ3v) is 2.47. The van der Waals surface area contributed by atoms with Gasteiger partial charge in [-0.2, -0.15) is 0 Å². The van der Waals surface area contributed by atoms with Crippen molar-refractivity contribution >= 4 is 17.3 Å². The van der Waals surface area contributed by atoms with Gasteiger partial charge in [-0.1, -0.05) is 18.5 Å². The molecule has 0 radical (unpaired) electrons. The summed E-state index contributed by atoms with van der Waals surface area (Å²) in [7, 11) is 2.08. The molecule has 0 saturated heterocycles. The molecule has 0 atom stereocenters. The van der Waals surface area contributed by atoms with E-state index < -0.39 is 0 Å².